The van der Waals surface area contributed by atoms with Crippen molar-refractivity contribution >= 4 is 5.78 Å². The van der Waals surface area contributed by atoms with Crippen molar-refractivity contribution in [1.29, 1.82) is 0 Å². The predicted molar refractivity (Wildman–Crippen MR) is 67.6 cm³/mol. The zero-order valence-electron chi connectivity index (χ0n) is 10.9. The molecule has 1 aromatic heterocycles. The van der Waals surface area contributed by atoms with Crippen molar-refractivity contribution in [2.24, 2.45) is 0 Å². The summed E-state index contributed by atoms with van der Waals surface area (Å²) >= 11 is 0. The number of aryl methyl sites for hydroxylation is 1. The van der Waals surface area contributed by atoms with Crippen molar-refractivity contribution in [3.63, 3.8) is 0 Å². The molecular formula is C14H13FN2O3. The molecule has 104 valence electrons. The lowest BCUT2D eigenvalue weighted by molar-refractivity contribution is -0.127. The first-order chi connectivity index (χ1) is 9.65. The number of benzene rings is 1. The molecule has 0 N–H and O–H groups in total. The van der Waals surface area contributed by atoms with Gasteiger partial charge in [0.1, 0.15) is 17.5 Å². The highest BCUT2D eigenvalue weighted by Crippen LogP contribution is 2.26. The molecule has 1 aliphatic heterocycles. The van der Waals surface area contributed by atoms with E-state index in [4.69, 9.17) is 9.26 Å². The van der Waals surface area contributed by atoms with Crippen LogP contribution in [0.5, 0.6) is 0 Å². The van der Waals surface area contributed by atoms with E-state index in [1.54, 1.807) is 13.0 Å². The average Bonchev–Trinajstić information content (AvgIpc) is 2.88. The molecule has 3 rings (SSSR count). The van der Waals surface area contributed by atoms with E-state index in [0.29, 0.717) is 30.0 Å². The highest BCUT2D eigenvalue weighted by atomic mass is 19.1. The van der Waals surface area contributed by atoms with Crippen LogP contribution in [0.25, 0.3) is 11.4 Å². The summed E-state index contributed by atoms with van der Waals surface area (Å²) in [7, 11) is 0. The van der Waals surface area contributed by atoms with Crippen LogP contribution < -0.4 is 0 Å². The van der Waals surface area contributed by atoms with Crippen molar-refractivity contribution in [3.05, 3.63) is 35.5 Å². The number of rotatable bonds is 2. The van der Waals surface area contributed by atoms with Gasteiger partial charge in [-0.25, -0.2) is 4.39 Å². The fourth-order valence-corrected chi connectivity index (χ4v) is 2.21. The van der Waals surface area contributed by atoms with E-state index in [1.165, 1.54) is 12.1 Å². The number of aromatic nitrogens is 2. The molecule has 0 amide bonds. The van der Waals surface area contributed by atoms with Gasteiger partial charge in [0, 0.05) is 12.0 Å². The van der Waals surface area contributed by atoms with Crippen LogP contribution in [0.1, 0.15) is 23.8 Å². The zero-order valence-corrected chi connectivity index (χ0v) is 10.9. The minimum Gasteiger partial charge on any atom is -0.380 e. The summed E-state index contributed by atoms with van der Waals surface area (Å²) in [5, 5.41) is 3.87. The number of ketones is 1. The molecule has 1 aliphatic rings. The first kappa shape index (κ1) is 12.9. The van der Waals surface area contributed by atoms with Gasteiger partial charge in [-0.15, -0.1) is 0 Å². The number of ether oxygens (including phenoxy) is 1. The molecule has 1 fully saturated rings. The Labute approximate surface area is 114 Å². The second-order valence-corrected chi connectivity index (χ2v) is 4.76. The molecule has 1 atom stereocenters. The monoisotopic (exact) mass is 276 g/mol. The smallest absolute Gasteiger partial charge is 0.239 e. The van der Waals surface area contributed by atoms with E-state index in [-0.39, 0.29) is 24.1 Å². The standard InChI is InChI=1S/C14H13FN2O3/c1-8-6-9(15)2-3-10(8)13-16-14(20-17-13)11-7-19-5-4-12(11)18/h2-3,6,11H,4-5,7H2,1H3. The molecule has 1 saturated heterocycles. The Hall–Kier alpha value is -2.08. The van der Waals surface area contributed by atoms with Gasteiger partial charge in [0.25, 0.3) is 0 Å². The van der Waals surface area contributed by atoms with Crippen molar-refractivity contribution in [2.45, 2.75) is 19.3 Å². The second kappa shape index (κ2) is 5.13. The third kappa shape index (κ3) is 2.34. The van der Waals surface area contributed by atoms with E-state index in [1.807, 2.05) is 0 Å². The van der Waals surface area contributed by atoms with Gasteiger partial charge in [0.05, 0.1) is 13.2 Å². The Balaban J connectivity index is 1.91. The first-order valence-electron chi connectivity index (χ1n) is 6.36. The van der Waals surface area contributed by atoms with Gasteiger partial charge in [-0.3, -0.25) is 4.79 Å². The summed E-state index contributed by atoms with van der Waals surface area (Å²) in [5.41, 5.74) is 1.40. The van der Waals surface area contributed by atoms with Crippen LogP contribution in [-0.4, -0.2) is 29.1 Å². The molecular weight excluding hydrogens is 263 g/mol. The third-order valence-corrected chi connectivity index (χ3v) is 3.34. The molecule has 6 heteroatoms. The van der Waals surface area contributed by atoms with Crippen LogP contribution in [-0.2, 0) is 9.53 Å². The highest BCUT2D eigenvalue weighted by molar-refractivity contribution is 5.85. The van der Waals surface area contributed by atoms with Gasteiger partial charge < -0.3 is 9.26 Å². The highest BCUT2D eigenvalue weighted by Gasteiger charge is 2.30. The first-order valence-corrected chi connectivity index (χ1v) is 6.36. The van der Waals surface area contributed by atoms with E-state index in [0.717, 1.165) is 0 Å². The number of carbonyl (C=O) groups excluding carboxylic acids is 1. The fraction of sp³-hybridized carbons (Fsp3) is 0.357. The van der Waals surface area contributed by atoms with Crippen molar-refractivity contribution in [2.75, 3.05) is 13.2 Å². The Kier molecular flexibility index (Phi) is 3.31. The molecule has 0 saturated carbocycles. The SMILES string of the molecule is Cc1cc(F)ccc1-c1noc(C2COCCC2=O)n1. The second-order valence-electron chi connectivity index (χ2n) is 4.76. The molecule has 2 heterocycles. The van der Waals surface area contributed by atoms with E-state index in [2.05, 4.69) is 10.1 Å². The van der Waals surface area contributed by atoms with Crippen LogP contribution in [0.2, 0.25) is 0 Å². The van der Waals surface area contributed by atoms with E-state index >= 15 is 0 Å². The van der Waals surface area contributed by atoms with Crippen molar-refractivity contribution < 1.29 is 18.4 Å². The molecule has 5 nitrogen and oxygen atoms in total. The summed E-state index contributed by atoms with van der Waals surface area (Å²) in [6.45, 7) is 2.47. The Morgan fingerprint density at radius 2 is 2.25 bits per heavy atom. The lowest BCUT2D eigenvalue weighted by Gasteiger charge is -2.17. The van der Waals surface area contributed by atoms with Gasteiger partial charge in [0.15, 0.2) is 0 Å². The number of carbonyl (C=O) groups is 1. The minimum atomic E-state index is -0.495. The lowest BCUT2D eigenvalue weighted by atomic mass is 10.0. The summed E-state index contributed by atoms with van der Waals surface area (Å²) in [6, 6.07) is 4.34. The van der Waals surface area contributed by atoms with Crippen LogP contribution in [0.15, 0.2) is 22.7 Å². The summed E-state index contributed by atoms with van der Waals surface area (Å²) in [4.78, 5) is 16.0. The van der Waals surface area contributed by atoms with Crippen LogP contribution in [0.3, 0.4) is 0 Å². The quantitative estimate of drug-likeness (QED) is 0.841. The molecule has 0 bridgehead atoms. The molecule has 1 aromatic carbocycles. The molecule has 0 spiro atoms. The van der Waals surface area contributed by atoms with Crippen molar-refractivity contribution in [1.82, 2.24) is 10.1 Å². The maximum atomic E-state index is 13.1. The summed E-state index contributed by atoms with van der Waals surface area (Å²) in [6.07, 6.45) is 0.359. The molecule has 2 aromatic rings. The summed E-state index contributed by atoms with van der Waals surface area (Å²) in [5.74, 6) is -0.150. The zero-order chi connectivity index (χ0) is 14.1. The number of hydrogen-bond acceptors (Lipinski definition) is 5. The topological polar surface area (TPSA) is 65.2 Å². The Bertz CT molecular complexity index is 654. The Morgan fingerprint density at radius 3 is 3.00 bits per heavy atom. The largest absolute Gasteiger partial charge is 0.380 e. The normalized spacial score (nSPS) is 19.3. The lowest BCUT2D eigenvalue weighted by Crippen LogP contribution is -2.25. The van der Waals surface area contributed by atoms with E-state index < -0.39 is 5.92 Å². The van der Waals surface area contributed by atoms with Gasteiger partial charge >= 0.3 is 0 Å². The van der Waals surface area contributed by atoms with Crippen LogP contribution in [0.4, 0.5) is 4.39 Å². The number of halogens is 1. The minimum absolute atomic E-state index is 0.0438. The van der Waals surface area contributed by atoms with Crippen molar-refractivity contribution in [3.8, 4) is 11.4 Å². The summed E-state index contributed by atoms with van der Waals surface area (Å²) < 4.78 is 23.5. The third-order valence-electron chi connectivity index (χ3n) is 3.34. The predicted octanol–water partition coefficient (Wildman–Crippen LogP) is 2.26. The Morgan fingerprint density at radius 1 is 1.40 bits per heavy atom. The van der Waals surface area contributed by atoms with Gasteiger partial charge in [-0.2, -0.15) is 4.98 Å². The maximum Gasteiger partial charge on any atom is 0.239 e. The molecule has 0 radical (unpaired) electrons. The van der Waals surface area contributed by atoms with E-state index in [9.17, 15) is 9.18 Å². The van der Waals surface area contributed by atoms with Gasteiger partial charge in [0.2, 0.25) is 11.7 Å². The number of nitrogens with zero attached hydrogens (tertiary/aromatic N) is 2. The molecule has 0 aliphatic carbocycles. The number of hydrogen-bond donors (Lipinski definition) is 0. The van der Waals surface area contributed by atoms with Crippen LogP contribution in [0, 0.1) is 12.7 Å². The maximum absolute atomic E-state index is 13.1. The van der Waals surface area contributed by atoms with Crippen LogP contribution >= 0.6 is 0 Å². The average molecular weight is 276 g/mol. The fourth-order valence-electron chi connectivity index (χ4n) is 2.21. The van der Waals surface area contributed by atoms with Gasteiger partial charge in [-0.1, -0.05) is 5.16 Å². The number of Topliss-reactive ketones (excluding diaryl/α,β-unsaturated/α-hetero) is 1. The molecule has 20 heavy (non-hydrogen) atoms. The van der Waals surface area contributed by atoms with Gasteiger partial charge in [-0.05, 0) is 30.7 Å². The molecule has 1 unspecified atom stereocenters.